The third-order valence-corrected chi connectivity index (χ3v) is 13.5. The molecule has 7 aromatic rings. The van der Waals surface area contributed by atoms with Crippen molar-refractivity contribution in [2.24, 2.45) is 4.99 Å². The smallest absolute Gasteiger partial charge is 0.145 e. The molecule has 11 rings (SSSR count). The van der Waals surface area contributed by atoms with Gasteiger partial charge in [0.25, 0.3) is 0 Å². The highest BCUT2D eigenvalue weighted by Crippen LogP contribution is 2.60. The lowest BCUT2D eigenvalue weighted by Gasteiger charge is -2.36. The molecule has 0 saturated heterocycles. The minimum atomic E-state index is -0.153. The van der Waals surface area contributed by atoms with Gasteiger partial charge in [-0.3, -0.25) is 4.99 Å². The number of hydrogen-bond acceptors (Lipinski definition) is 2. The zero-order valence-electron chi connectivity index (χ0n) is 32.7. The highest BCUT2D eigenvalue weighted by molar-refractivity contribution is 6.13. The molecule has 0 aromatic heterocycles. The van der Waals surface area contributed by atoms with Gasteiger partial charge < -0.3 is 5.32 Å². The van der Waals surface area contributed by atoms with E-state index in [-0.39, 0.29) is 17.0 Å². The zero-order chi connectivity index (χ0) is 38.1. The van der Waals surface area contributed by atoms with Crippen LogP contribution in [0.1, 0.15) is 91.1 Å². The van der Waals surface area contributed by atoms with Crippen molar-refractivity contribution < 1.29 is 0 Å². The van der Waals surface area contributed by atoms with Crippen LogP contribution < -0.4 is 5.32 Å². The molecule has 276 valence electrons. The van der Waals surface area contributed by atoms with Crippen LogP contribution >= 0.6 is 0 Å². The van der Waals surface area contributed by atoms with Crippen molar-refractivity contribution in [2.75, 3.05) is 0 Å². The Kier molecular flexibility index (Phi) is 7.86. The predicted molar refractivity (Wildman–Crippen MR) is 237 cm³/mol. The first-order valence-corrected chi connectivity index (χ1v) is 20.8. The molecule has 57 heavy (non-hydrogen) atoms. The molecular formula is C55H46N2. The van der Waals surface area contributed by atoms with Crippen molar-refractivity contribution in [2.45, 2.75) is 62.9 Å². The minimum absolute atomic E-state index is 0.0114. The maximum absolute atomic E-state index is 5.17. The zero-order valence-corrected chi connectivity index (χ0v) is 32.7. The van der Waals surface area contributed by atoms with Gasteiger partial charge in [-0.15, -0.1) is 0 Å². The number of rotatable bonds is 5. The standard InChI is InChI=1S/C55H46N2/c1-54(2)47-19-11-10-18-43(47)45-34-50-46(33-49(45)54)44-32-42(28-29-48(44)55(50)30-12-5-13-31-55)38-22-20-36(21-23-38)37-24-26-40(27-25-37)52-35-51(39-14-6-3-7-15-39)56-53(57-52)41-16-8-4-9-17-41/h3-4,6-11,14-29,32-35,53,56H,5,12-13,30-31H2,1-2H3. The first-order chi connectivity index (χ1) is 28.0. The van der Waals surface area contributed by atoms with Gasteiger partial charge in [0.2, 0.25) is 0 Å². The molecule has 2 nitrogen and oxygen atoms in total. The second kappa shape index (κ2) is 13.2. The number of allylic oxidation sites excluding steroid dienone is 1. The summed E-state index contributed by atoms with van der Waals surface area (Å²) in [4.78, 5) is 5.17. The van der Waals surface area contributed by atoms with Crippen molar-refractivity contribution in [3.8, 4) is 44.5 Å². The Labute approximate surface area is 336 Å². The summed E-state index contributed by atoms with van der Waals surface area (Å²) in [6.07, 6.45) is 8.45. The van der Waals surface area contributed by atoms with E-state index >= 15 is 0 Å². The average molecular weight is 735 g/mol. The molecule has 0 bridgehead atoms. The van der Waals surface area contributed by atoms with Crippen molar-refractivity contribution >= 4 is 11.4 Å². The highest BCUT2D eigenvalue weighted by Gasteiger charge is 2.46. The molecule has 1 saturated carbocycles. The summed E-state index contributed by atoms with van der Waals surface area (Å²) in [5.74, 6) is 0. The van der Waals surface area contributed by atoms with Gasteiger partial charge in [-0.05, 0) is 121 Å². The summed E-state index contributed by atoms with van der Waals surface area (Å²) in [7, 11) is 0. The molecule has 1 aliphatic heterocycles. The fourth-order valence-corrected chi connectivity index (χ4v) is 10.5. The molecule has 2 heteroatoms. The van der Waals surface area contributed by atoms with Crippen molar-refractivity contribution in [3.63, 3.8) is 0 Å². The van der Waals surface area contributed by atoms with Crippen molar-refractivity contribution in [1.82, 2.24) is 5.32 Å². The maximum Gasteiger partial charge on any atom is 0.145 e. The molecule has 3 aliphatic carbocycles. The molecule has 1 heterocycles. The van der Waals surface area contributed by atoms with Gasteiger partial charge in [0.05, 0.1) is 5.71 Å². The van der Waals surface area contributed by atoms with E-state index in [2.05, 4.69) is 189 Å². The largest absolute Gasteiger partial charge is 0.360 e. The van der Waals surface area contributed by atoms with Gasteiger partial charge in [-0.25, -0.2) is 0 Å². The van der Waals surface area contributed by atoms with Crippen LogP contribution in [0.5, 0.6) is 0 Å². The third-order valence-electron chi connectivity index (χ3n) is 13.5. The summed E-state index contributed by atoms with van der Waals surface area (Å²) < 4.78 is 0. The van der Waals surface area contributed by atoms with Gasteiger partial charge in [-0.2, -0.15) is 0 Å². The quantitative estimate of drug-likeness (QED) is 0.187. The van der Waals surface area contributed by atoms with E-state index in [1.54, 1.807) is 11.1 Å². The van der Waals surface area contributed by atoms with E-state index < -0.39 is 0 Å². The lowest BCUT2D eigenvalue weighted by molar-refractivity contribution is 0.353. The van der Waals surface area contributed by atoms with E-state index in [1.807, 2.05) is 0 Å². The molecule has 4 aliphatic rings. The number of hydrogen-bond donors (Lipinski definition) is 1. The Balaban J connectivity index is 0.911. The molecule has 1 atom stereocenters. The Bertz CT molecular complexity index is 2730. The van der Waals surface area contributed by atoms with Crippen LogP contribution in [0.2, 0.25) is 0 Å². The fourth-order valence-electron chi connectivity index (χ4n) is 10.5. The summed E-state index contributed by atoms with van der Waals surface area (Å²) in [5, 5.41) is 3.67. The molecule has 1 unspecified atom stereocenters. The second-order valence-electron chi connectivity index (χ2n) is 17.1. The first-order valence-electron chi connectivity index (χ1n) is 20.8. The van der Waals surface area contributed by atoms with Crippen LogP contribution in [-0.4, -0.2) is 5.71 Å². The van der Waals surface area contributed by atoms with Crippen LogP contribution in [-0.2, 0) is 10.8 Å². The summed E-state index contributed by atoms with van der Waals surface area (Å²) in [5.41, 5.74) is 22.4. The monoisotopic (exact) mass is 734 g/mol. The SMILES string of the molecule is CC1(C)c2ccccc2-c2cc3c(cc21)-c1cc(-c2ccc(-c4ccc(C5=NC(c6ccccc6)NC(c6ccccc6)=C5)cc4)cc2)ccc1C31CCCCC1. The summed E-state index contributed by atoms with van der Waals surface area (Å²) >= 11 is 0. The van der Waals surface area contributed by atoms with Gasteiger partial charge >= 0.3 is 0 Å². The van der Waals surface area contributed by atoms with Crippen LogP contribution in [0.3, 0.4) is 0 Å². The summed E-state index contributed by atoms with van der Waals surface area (Å²) in [6, 6.07) is 60.7. The van der Waals surface area contributed by atoms with E-state index in [0.717, 1.165) is 28.1 Å². The molecule has 1 N–H and O–H groups in total. The van der Waals surface area contributed by atoms with E-state index in [0.29, 0.717) is 0 Å². The fraction of sp³-hybridized carbons (Fsp3) is 0.182. The number of aliphatic imine (C=N–C) groups is 1. The Morgan fingerprint density at radius 1 is 0.456 bits per heavy atom. The summed E-state index contributed by atoms with van der Waals surface area (Å²) in [6.45, 7) is 4.81. The van der Waals surface area contributed by atoms with E-state index in [4.69, 9.17) is 4.99 Å². The molecule has 0 radical (unpaired) electrons. The van der Waals surface area contributed by atoms with Crippen molar-refractivity contribution in [1.29, 1.82) is 0 Å². The number of nitrogens with one attached hydrogen (secondary N) is 1. The van der Waals surface area contributed by atoms with Gasteiger partial charge in [-0.1, -0.05) is 179 Å². The Morgan fingerprint density at radius 3 is 1.74 bits per heavy atom. The van der Waals surface area contributed by atoms with Crippen LogP contribution in [0.25, 0.3) is 50.2 Å². The lowest BCUT2D eigenvalue weighted by atomic mass is 9.67. The van der Waals surface area contributed by atoms with Crippen LogP contribution in [0.15, 0.2) is 175 Å². The van der Waals surface area contributed by atoms with E-state index in [9.17, 15) is 0 Å². The van der Waals surface area contributed by atoms with E-state index in [1.165, 1.54) is 87.7 Å². The Hall–Kier alpha value is -6.25. The van der Waals surface area contributed by atoms with Crippen molar-refractivity contribution in [3.05, 3.63) is 209 Å². The molecular weight excluding hydrogens is 689 g/mol. The normalized spacial score (nSPS) is 18.1. The molecule has 0 amide bonds. The lowest BCUT2D eigenvalue weighted by Crippen LogP contribution is -2.28. The third kappa shape index (κ3) is 5.49. The number of benzene rings is 7. The molecule has 7 aromatic carbocycles. The van der Waals surface area contributed by atoms with Crippen LogP contribution in [0, 0.1) is 0 Å². The minimum Gasteiger partial charge on any atom is -0.360 e. The predicted octanol–water partition coefficient (Wildman–Crippen LogP) is 13.7. The topological polar surface area (TPSA) is 24.4 Å². The van der Waals surface area contributed by atoms with Gasteiger partial charge in [0, 0.05) is 16.5 Å². The number of nitrogens with zero attached hydrogens (tertiary/aromatic N) is 1. The number of fused-ring (bicyclic) bond motifs is 8. The first kappa shape index (κ1) is 34.0. The van der Waals surface area contributed by atoms with Crippen LogP contribution in [0.4, 0.5) is 0 Å². The van der Waals surface area contributed by atoms with Gasteiger partial charge in [0.15, 0.2) is 0 Å². The van der Waals surface area contributed by atoms with Gasteiger partial charge in [0.1, 0.15) is 6.17 Å². The maximum atomic E-state index is 5.17. The average Bonchev–Trinajstić information content (AvgIpc) is 3.66. The second-order valence-corrected chi connectivity index (χ2v) is 17.1. The Morgan fingerprint density at radius 2 is 1.02 bits per heavy atom. The molecule has 1 spiro atoms. The highest BCUT2D eigenvalue weighted by atomic mass is 15.1. The molecule has 1 fully saturated rings.